The second-order valence-corrected chi connectivity index (χ2v) is 5.11. The molecule has 2 heterocycles. The predicted octanol–water partition coefficient (Wildman–Crippen LogP) is 1.40. The van der Waals surface area contributed by atoms with E-state index in [2.05, 4.69) is 0 Å². The molecule has 0 spiro atoms. The zero-order valence-electron chi connectivity index (χ0n) is 10.7. The Balaban J connectivity index is 1.95. The second kappa shape index (κ2) is 5.52. The van der Waals surface area contributed by atoms with Crippen molar-refractivity contribution >= 4 is 11.8 Å². The standard InChI is InChI=1S/C13H22N2O2/c1-11(15-10-6-3-7-12(15)16)13(17)14-8-4-2-5-9-14/h11H,2-10H2,1H3/t11-/m1/s1. The van der Waals surface area contributed by atoms with Crippen LogP contribution >= 0.6 is 0 Å². The lowest BCUT2D eigenvalue weighted by atomic mass is 10.1. The minimum atomic E-state index is -0.263. The van der Waals surface area contributed by atoms with Crippen molar-refractivity contribution in [3.63, 3.8) is 0 Å². The molecule has 0 aromatic heterocycles. The fraction of sp³-hybridized carbons (Fsp3) is 0.846. The molecule has 96 valence electrons. The van der Waals surface area contributed by atoms with Gasteiger partial charge in [-0.1, -0.05) is 0 Å². The topological polar surface area (TPSA) is 40.6 Å². The van der Waals surface area contributed by atoms with E-state index >= 15 is 0 Å². The first-order valence-electron chi connectivity index (χ1n) is 6.78. The van der Waals surface area contributed by atoms with Crippen LogP contribution in [0.4, 0.5) is 0 Å². The molecule has 2 aliphatic heterocycles. The molecule has 0 radical (unpaired) electrons. The Morgan fingerprint density at radius 2 is 1.71 bits per heavy atom. The van der Waals surface area contributed by atoms with Gasteiger partial charge >= 0.3 is 0 Å². The maximum atomic E-state index is 12.3. The lowest BCUT2D eigenvalue weighted by Crippen LogP contribution is -2.52. The number of nitrogens with zero attached hydrogens (tertiary/aromatic N) is 2. The van der Waals surface area contributed by atoms with Gasteiger partial charge in [0.05, 0.1) is 0 Å². The predicted molar refractivity (Wildman–Crippen MR) is 65.5 cm³/mol. The van der Waals surface area contributed by atoms with Gasteiger partial charge in [-0.2, -0.15) is 0 Å². The van der Waals surface area contributed by atoms with E-state index in [1.54, 1.807) is 4.90 Å². The largest absolute Gasteiger partial charge is 0.341 e. The van der Waals surface area contributed by atoms with Crippen molar-refractivity contribution in [3.8, 4) is 0 Å². The summed E-state index contributed by atoms with van der Waals surface area (Å²) in [6, 6.07) is -0.263. The first kappa shape index (κ1) is 12.4. The van der Waals surface area contributed by atoms with Crippen LogP contribution in [0.25, 0.3) is 0 Å². The highest BCUT2D eigenvalue weighted by atomic mass is 16.2. The van der Waals surface area contributed by atoms with Crippen LogP contribution in [0.15, 0.2) is 0 Å². The molecule has 2 aliphatic rings. The Morgan fingerprint density at radius 3 is 2.35 bits per heavy atom. The van der Waals surface area contributed by atoms with Gasteiger partial charge in [-0.25, -0.2) is 0 Å². The number of amides is 2. The molecule has 0 unspecified atom stereocenters. The van der Waals surface area contributed by atoms with Crippen LogP contribution in [-0.2, 0) is 9.59 Å². The maximum Gasteiger partial charge on any atom is 0.245 e. The molecule has 17 heavy (non-hydrogen) atoms. The van der Waals surface area contributed by atoms with Crippen molar-refractivity contribution < 1.29 is 9.59 Å². The minimum Gasteiger partial charge on any atom is -0.341 e. The average molecular weight is 238 g/mol. The Kier molecular flexibility index (Phi) is 4.02. The molecule has 2 saturated heterocycles. The average Bonchev–Trinajstić information content (AvgIpc) is 2.39. The molecular formula is C13H22N2O2. The number of likely N-dealkylation sites (tertiary alicyclic amines) is 2. The molecule has 1 atom stereocenters. The summed E-state index contributed by atoms with van der Waals surface area (Å²) in [7, 11) is 0. The third kappa shape index (κ3) is 2.79. The Hall–Kier alpha value is -1.06. The summed E-state index contributed by atoms with van der Waals surface area (Å²) in [5, 5.41) is 0. The third-order valence-electron chi connectivity index (χ3n) is 3.85. The minimum absolute atomic E-state index is 0.139. The molecule has 0 saturated carbocycles. The van der Waals surface area contributed by atoms with Crippen LogP contribution in [0.3, 0.4) is 0 Å². The van der Waals surface area contributed by atoms with Crippen molar-refractivity contribution in [1.29, 1.82) is 0 Å². The van der Waals surface area contributed by atoms with Gasteiger partial charge in [-0.3, -0.25) is 9.59 Å². The van der Waals surface area contributed by atoms with Gasteiger partial charge in [0.1, 0.15) is 6.04 Å². The summed E-state index contributed by atoms with van der Waals surface area (Å²) in [6.07, 6.45) is 6.04. The molecule has 4 heteroatoms. The zero-order valence-corrected chi connectivity index (χ0v) is 10.7. The van der Waals surface area contributed by atoms with Crippen molar-refractivity contribution in [3.05, 3.63) is 0 Å². The second-order valence-electron chi connectivity index (χ2n) is 5.11. The smallest absolute Gasteiger partial charge is 0.245 e. The van der Waals surface area contributed by atoms with E-state index in [0.717, 1.165) is 45.3 Å². The van der Waals surface area contributed by atoms with Gasteiger partial charge in [0.15, 0.2) is 0 Å². The lowest BCUT2D eigenvalue weighted by Gasteiger charge is -2.36. The number of piperidine rings is 2. The Morgan fingerprint density at radius 1 is 1.06 bits per heavy atom. The third-order valence-corrected chi connectivity index (χ3v) is 3.85. The summed E-state index contributed by atoms with van der Waals surface area (Å²) in [5.41, 5.74) is 0. The summed E-state index contributed by atoms with van der Waals surface area (Å²) in [5.74, 6) is 0.286. The van der Waals surface area contributed by atoms with Crippen molar-refractivity contribution in [2.75, 3.05) is 19.6 Å². The molecule has 2 amide bonds. The summed E-state index contributed by atoms with van der Waals surface area (Å²) >= 11 is 0. The number of carbonyl (C=O) groups is 2. The highest BCUT2D eigenvalue weighted by molar-refractivity contribution is 5.87. The highest BCUT2D eigenvalue weighted by Crippen LogP contribution is 2.17. The zero-order chi connectivity index (χ0) is 12.3. The fourth-order valence-corrected chi connectivity index (χ4v) is 2.75. The van der Waals surface area contributed by atoms with Crippen LogP contribution in [0.5, 0.6) is 0 Å². The van der Waals surface area contributed by atoms with Gasteiger partial charge in [0, 0.05) is 26.1 Å². The normalized spacial score (nSPS) is 23.7. The van der Waals surface area contributed by atoms with Gasteiger partial charge in [-0.05, 0) is 39.0 Å². The SMILES string of the molecule is C[C@H](C(=O)N1CCCCC1)N1CCCCC1=O. The number of hydrogen-bond donors (Lipinski definition) is 0. The van der Waals surface area contributed by atoms with Crippen molar-refractivity contribution in [1.82, 2.24) is 9.80 Å². The van der Waals surface area contributed by atoms with Crippen LogP contribution < -0.4 is 0 Å². The van der Waals surface area contributed by atoms with Crippen LogP contribution in [0.1, 0.15) is 45.4 Å². The molecular weight excluding hydrogens is 216 g/mol. The van der Waals surface area contributed by atoms with E-state index < -0.39 is 0 Å². The van der Waals surface area contributed by atoms with Gasteiger partial charge in [0.2, 0.25) is 11.8 Å². The van der Waals surface area contributed by atoms with E-state index in [1.165, 1.54) is 6.42 Å². The van der Waals surface area contributed by atoms with Crippen LogP contribution in [0.2, 0.25) is 0 Å². The van der Waals surface area contributed by atoms with E-state index in [1.807, 2.05) is 11.8 Å². The number of rotatable bonds is 2. The molecule has 0 aliphatic carbocycles. The number of hydrogen-bond acceptors (Lipinski definition) is 2. The Labute approximate surface area is 103 Å². The first-order valence-corrected chi connectivity index (χ1v) is 6.78. The van der Waals surface area contributed by atoms with E-state index in [0.29, 0.717) is 6.42 Å². The highest BCUT2D eigenvalue weighted by Gasteiger charge is 2.30. The summed E-state index contributed by atoms with van der Waals surface area (Å²) in [4.78, 5) is 27.7. The van der Waals surface area contributed by atoms with Gasteiger partial charge < -0.3 is 9.80 Å². The van der Waals surface area contributed by atoms with Crippen LogP contribution in [-0.4, -0.2) is 47.3 Å². The molecule has 0 N–H and O–H groups in total. The fourth-order valence-electron chi connectivity index (χ4n) is 2.75. The number of carbonyl (C=O) groups excluding carboxylic acids is 2. The van der Waals surface area contributed by atoms with E-state index in [-0.39, 0.29) is 17.9 Å². The monoisotopic (exact) mass is 238 g/mol. The van der Waals surface area contributed by atoms with Gasteiger partial charge in [0.25, 0.3) is 0 Å². The molecule has 0 aromatic carbocycles. The van der Waals surface area contributed by atoms with Crippen molar-refractivity contribution in [2.24, 2.45) is 0 Å². The summed E-state index contributed by atoms with van der Waals surface area (Å²) < 4.78 is 0. The molecule has 0 bridgehead atoms. The molecule has 2 fully saturated rings. The quantitative estimate of drug-likeness (QED) is 0.729. The molecule has 4 nitrogen and oxygen atoms in total. The van der Waals surface area contributed by atoms with Crippen LogP contribution in [0, 0.1) is 0 Å². The van der Waals surface area contributed by atoms with E-state index in [9.17, 15) is 9.59 Å². The first-order chi connectivity index (χ1) is 8.20. The maximum absolute atomic E-state index is 12.3. The molecule has 2 rings (SSSR count). The Bertz CT molecular complexity index is 298. The van der Waals surface area contributed by atoms with Gasteiger partial charge in [-0.15, -0.1) is 0 Å². The summed E-state index contributed by atoms with van der Waals surface area (Å²) in [6.45, 7) is 4.36. The van der Waals surface area contributed by atoms with Crippen molar-refractivity contribution in [2.45, 2.75) is 51.5 Å². The van der Waals surface area contributed by atoms with E-state index in [4.69, 9.17) is 0 Å². The lowest BCUT2D eigenvalue weighted by molar-refractivity contribution is -0.147. The molecule has 0 aromatic rings.